The Hall–Kier alpha value is -2.04. The minimum atomic E-state index is -0.769. The molecule has 0 radical (unpaired) electrons. The molecule has 0 fully saturated rings. The van der Waals surface area contributed by atoms with Crippen LogP contribution in [0.2, 0.25) is 0 Å². The third-order valence-electron chi connectivity index (χ3n) is 2.99. The van der Waals surface area contributed by atoms with Crippen molar-refractivity contribution < 1.29 is 19.4 Å². The molecule has 1 aromatic carbocycles. The number of amides is 1. The highest BCUT2D eigenvalue weighted by molar-refractivity contribution is 5.78. The maximum Gasteiger partial charge on any atom is 0.303 e. The summed E-state index contributed by atoms with van der Waals surface area (Å²) in [4.78, 5) is 22.1. The maximum atomic E-state index is 11.7. The van der Waals surface area contributed by atoms with Crippen molar-refractivity contribution in [3.63, 3.8) is 0 Å². The molecule has 0 saturated carbocycles. The van der Waals surface area contributed by atoms with E-state index in [1.807, 2.05) is 31.2 Å². The van der Waals surface area contributed by atoms with Crippen LogP contribution in [0, 0.1) is 0 Å². The zero-order valence-corrected chi connectivity index (χ0v) is 12.4. The number of carboxylic acid groups (broad SMARTS) is 1. The van der Waals surface area contributed by atoms with Crippen molar-refractivity contribution in [1.82, 2.24) is 5.32 Å². The van der Waals surface area contributed by atoms with E-state index in [0.717, 1.165) is 24.2 Å². The summed E-state index contributed by atoms with van der Waals surface area (Å²) >= 11 is 0. The van der Waals surface area contributed by atoms with Crippen LogP contribution in [0.25, 0.3) is 0 Å². The lowest BCUT2D eigenvalue weighted by Gasteiger charge is -2.06. The molecule has 0 aromatic heterocycles. The SMILES string of the molecule is CCOc1ccc(CC(=O)NCCCCCC(=O)O)cc1. The standard InChI is InChI=1S/C16H23NO4/c1-2-21-14-9-7-13(8-10-14)12-15(18)17-11-5-3-4-6-16(19)20/h7-10H,2-6,11-12H2,1H3,(H,17,18)(H,19,20). The molecule has 2 N–H and O–H groups in total. The highest BCUT2D eigenvalue weighted by Gasteiger charge is 2.03. The summed E-state index contributed by atoms with van der Waals surface area (Å²) in [6.07, 6.45) is 2.82. The van der Waals surface area contributed by atoms with Gasteiger partial charge in [-0.25, -0.2) is 0 Å². The van der Waals surface area contributed by atoms with E-state index in [1.54, 1.807) is 0 Å². The maximum absolute atomic E-state index is 11.7. The molecule has 0 saturated heterocycles. The van der Waals surface area contributed by atoms with Crippen LogP contribution in [-0.4, -0.2) is 30.1 Å². The van der Waals surface area contributed by atoms with Gasteiger partial charge >= 0.3 is 5.97 Å². The predicted molar refractivity (Wildman–Crippen MR) is 80.4 cm³/mol. The Balaban J connectivity index is 2.16. The molecule has 1 amide bonds. The Labute approximate surface area is 125 Å². The second-order valence-corrected chi connectivity index (χ2v) is 4.81. The molecule has 0 heterocycles. The second-order valence-electron chi connectivity index (χ2n) is 4.81. The third-order valence-corrected chi connectivity index (χ3v) is 2.99. The van der Waals surface area contributed by atoms with Crippen LogP contribution in [0.3, 0.4) is 0 Å². The second kappa shape index (κ2) is 9.80. The van der Waals surface area contributed by atoms with Crippen molar-refractivity contribution in [3.8, 4) is 5.75 Å². The molecule has 1 aromatic rings. The van der Waals surface area contributed by atoms with E-state index >= 15 is 0 Å². The summed E-state index contributed by atoms with van der Waals surface area (Å²) in [6, 6.07) is 7.49. The number of benzene rings is 1. The molecule has 0 atom stereocenters. The Kier molecular flexibility index (Phi) is 7.94. The number of unbranched alkanes of at least 4 members (excludes halogenated alkanes) is 2. The number of carbonyl (C=O) groups is 2. The van der Waals surface area contributed by atoms with Gasteiger partial charge in [-0.15, -0.1) is 0 Å². The summed E-state index contributed by atoms with van der Waals surface area (Å²) in [5, 5.41) is 11.3. The molecule has 116 valence electrons. The number of aliphatic carboxylic acids is 1. The minimum Gasteiger partial charge on any atom is -0.494 e. The fourth-order valence-electron chi connectivity index (χ4n) is 1.92. The van der Waals surface area contributed by atoms with Crippen LogP contribution in [-0.2, 0) is 16.0 Å². The topological polar surface area (TPSA) is 75.6 Å². The van der Waals surface area contributed by atoms with E-state index in [4.69, 9.17) is 9.84 Å². The smallest absolute Gasteiger partial charge is 0.303 e. The molecule has 0 aliphatic carbocycles. The van der Waals surface area contributed by atoms with Gasteiger partial charge in [-0.3, -0.25) is 9.59 Å². The Morgan fingerprint density at radius 2 is 1.86 bits per heavy atom. The Bertz CT molecular complexity index is 442. The average Bonchev–Trinajstić information content (AvgIpc) is 2.45. The average molecular weight is 293 g/mol. The quantitative estimate of drug-likeness (QED) is 0.649. The lowest BCUT2D eigenvalue weighted by molar-refractivity contribution is -0.137. The first-order valence-electron chi connectivity index (χ1n) is 7.32. The molecule has 0 aliphatic heterocycles. The van der Waals surface area contributed by atoms with Gasteiger partial charge in [-0.2, -0.15) is 0 Å². The molecule has 5 nitrogen and oxygen atoms in total. The van der Waals surface area contributed by atoms with Crippen LogP contribution in [0.5, 0.6) is 5.75 Å². The molecule has 5 heteroatoms. The van der Waals surface area contributed by atoms with Crippen molar-refractivity contribution in [2.45, 2.75) is 39.0 Å². The number of rotatable bonds is 10. The van der Waals surface area contributed by atoms with E-state index in [9.17, 15) is 9.59 Å². The molecule has 0 bridgehead atoms. The van der Waals surface area contributed by atoms with Gasteiger partial charge in [0.25, 0.3) is 0 Å². The molecule has 21 heavy (non-hydrogen) atoms. The molecule has 1 rings (SSSR count). The number of carboxylic acids is 1. The summed E-state index contributed by atoms with van der Waals surface area (Å²) in [7, 11) is 0. The molecular formula is C16H23NO4. The Morgan fingerprint density at radius 1 is 1.14 bits per heavy atom. The van der Waals surface area contributed by atoms with Gasteiger partial charge in [0.15, 0.2) is 0 Å². The van der Waals surface area contributed by atoms with Gasteiger partial charge in [0.2, 0.25) is 5.91 Å². The van der Waals surface area contributed by atoms with E-state index < -0.39 is 5.97 Å². The lowest BCUT2D eigenvalue weighted by atomic mass is 10.1. The number of hydrogen-bond donors (Lipinski definition) is 2. The lowest BCUT2D eigenvalue weighted by Crippen LogP contribution is -2.26. The minimum absolute atomic E-state index is 0.0163. The number of hydrogen-bond acceptors (Lipinski definition) is 3. The van der Waals surface area contributed by atoms with Crippen LogP contribution in [0.1, 0.15) is 38.2 Å². The van der Waals surface area contributed by atoms with Crippen LogP contribution in [0.15, 0.2) is 24.3 Å². The van der Waals surface area contributed by atoms with Gasteiger partial charge in [0.05, 0.1) is 13.0 Å². The van der Waals surface area contributed by atoms with Crippen molar-refractivity contribution in [3.05, 3.63) is 29.8 Å². The number of carbonyl (C=O) groups excluding carboxylic acids is 1. The predicted octanol–water partition coefficient (Wildman–Crippen LogP) is 2.39. The van der Waals surface area contributed by atoms with Gasteiger partial charge in [-0.1, -0.05) is 18.6 Å². The van der Waals surface area contributed by atoms with Crippen LogP contribution in [0.4, 0.5) is 0 Å². The van der Waals surface area contributed by atoms with Crippen molar-refractivity contribution >= 4 is 11.9 Å². The van der Waals surface area contributed by atoms with Gasteiger partial charge in [0.1, 0.15) is 5.75 Å². The summed E-state index contributed by atoms with van der Waals surface area (Å²) < 4.78 is 5.34. The summed E-state index contributed by atoms with van der Waals surface area (Å²) in [6.45, 7) is 3.15. The van der Waals surface area contributed by atoms with Crippen LogP contribution < -0.4 is 10.1 Å². The van der Waals surface area contributed by atoms with E-state index in [-0.39, 0.29) is 12.3 Å². The van der Waals surface area contributed by atoms with E-state index in [0.29, 0.717) is 26.0 Å². The van der Waals surface area contributed by atoms with E-state index in [1.165, 1.54) is 0 Å². The highest BCUT2D eigenvalue weighted by atomic mass is 16.5. The van der Waals surface area contributed by atoms with Gasteiger partial charge in [0, 0.05) is 13.0 Å². The fraction of sp³-hybridized carbons (Fsp3) is 0.500. The van der Waals surface area contributed by atoms with Crippen molar-refractivity contribution in [1.29, 1.82) is 0 Å². The Morgan fingerprint density at radius 3 is 2.48 bits per heavy atom. The largest absolute Gasteiger partial charge is 0.494 e. The zero-order chi connectivity index (χ0) is 15.5. The molecule has 0 spiro atoms. The monoisotopic (exact) mass is 293 g/mol. The van der Waals surface area contributed by atoms with E-state index in [2.05, 4.69) is 5.32 Å². The van der Waals surface area contributed by atoms with Crippen LogP contribution >= 0.6 is 0 Å². The molecular weight excluding hydrogens is 270 g/mol. The number of ether oxygens (including phenoxy) is 1. The fourth-order valence-corrected chi connectivity index (χ4v) is 1.92. The van der Waals surface area contributed by atoms with Gasteiger partial charge < -0.3 is 15.2 Å². The highest BCUT2D eigenvalue weighted by Crippen LogP contribution is 2.12. The van der Waals surface area contributed by atoms with Crippen molar-refractivity contribution in [2.75, 3.05) is 13.2 Å². The summed E-state index contributed by atoms with van der Waals surface area (Å²) in [5.41, 5.74) is 0.946. The zero-order valence-electron chi connectivity index (χ0n) is 12.4. The van der Waals surface area contributed by atoms with Gasteiger partial charge in [-0.05, 0) is 37.5 Å². The first kappa shape index (κ1) is 17.0. The van der Waals surface area contributed by atoms with Crippen molar-refractivity contribution in [2.24, 2.45) is 0 Å². The normalized spacial score (nSPS) is 10.1. The first-order chi connectivity index (χ1) is 10.1. The summed E-state index contributed by atoms with van der Waals surface area (Å²) in [5.74, 6) is 0.0204. The molecule has 0 aliphatic rings. The third kappa shape index (κ3) is 7.97. The first-order valence-corrected chi connectivity index (χ1v) is 7.32. The molecule has 0 unspecified atom stereocenters. The number of nitrogens with one attached hydrogen (secondary N) is 1.